The van der Waals surface area contributed by atoms with Crippen molar-refractivity contribution in [2.45, 2.75) is 18.8 Å². The Labute approximate surface area is 224 Å². The molecule has 0 spiro atoms. The van der Waals surface area contributed by atoms with Crippen molar-refractivity contribution in [2.24, 2.45) is 0 Å². The van der Waals surface area contributed by atoms with E-state index in [9.17, 15) is 9.18 Å². The largest absolute Gasteiger partial charge is 0.369 e. The molecule has 1 fully saturated rings. The molecule has 0 saturated carbocycles. The zero-order valence-corrected chi connectivity index (χ0v) is 21.1. The van der Waals surface area contributed by atoms with Gasteiger partial charge in [0.05, 0.1) is 17.8 Å². The van der Waals surface area contributed by atoms with Crippen molar-refractivity contribution in [3.8, 4) is 22.5 Å². The third kappa shape index (κ3) is 5.38. The smallest absolute Gasteiger partial charge is 0.228 e. The molecule has 9 heteroatoms. The molecule has 39 heavy (non-hydrogen) atoms. The van der Waals surface area contributed by atoms with Crippen molar-refractivity contribution in [3.05, 3.63) is 108 Å². The Morgan fingerprint density at radius 1 is 1.00 bits per heavy atom. The number of tetrazole rings is 1. The highest BCUT2D eigenvalue weighted by atomic mass is 19.1. The molecule has 3 aromatic carbocycles. The first-order valence-electron chi connectivity index (χ1n) is 12.8. The van der Waals surface area contributed by atoms with E-state index in [-0.39, 0.29) is 12.3 Å². The molecule has 0 radical (unpaired) electrons. The van der Waals surface area contributed by atoms with Gasteiger partial charge < -0.3 is 10.2 Å². The quantitative estimate of drug-likeness (QED) is 0.285. The maximum atomic E-state index is 13.3. The van der Waals surface area contributed by atoms with Gasteiger partial charge in [0.1, 0.15) is 0 Å². The minimum atomic E-state index is -0.573. The summed E-state index contributed by atoms with van der Waals surface area (Å²) >= 11 is 0. The van der Waals surface area contributed by atoms with Crippen molar-refractivity contribution in [1.82, 2.24) is 25.6 Å². The van der Waals surface area contributed by atoms with Gasteiger partial charge in [-0.05, 0) is 52.1 Å². The van der Waals surface area contributed by atoms with E-state index in [0.29, 0.717) is 23.0 Å². The van der Waals surface area contributed by atoms with Crippen LogP contribution in [0.1, 0.15) is 23.5 Å². The molecular weight excluding hydrogens is 493 g/mol. The minimum absolute atomic E-state index is 0.0863. The van der Waals surface area contributed by atoms with Crippen molar-refractivity contribution >= 4 is 17.3 Å². The summed E-state index contributed by atoms with van der Waals surface area (Å²) in [6.45, 7) is 1.73. The highest BCUT2D eigenvalue weighted by Gasteiger charge is 2.26. The normalized spacial score (nSPS) is 14.9. The zero-order chi connectivity index (χ0) is 26.6. The minimum Gasteiger partial charge on any atom is -0.369 e. The number of hydrogen-bond acceptors (Lipinski definition) is 6. The van der Waals surface area contributed by atoms with E-state index >= 15 is 0 Å². The van der Waals surface area contributed by atoms with Gasteiger partial charge in [-0.3, -0.25) is 4.79 Å². The van der Waals surface area contributed by atoms with E-state index in [4.69, 9.17) is 0 Å². The van der Waals surface area contributed by atoms with Crippen LogP contribution in [0.25, 0.3) is 22.5 Å². The lowest BCUT2D eigenvalue weighted by Gasteiger charge is -2.24. The number of carbonyl (C=O) groups is 1. The molecule has 0 bridgehead atoms. The van der Waals surface area contributed by atoms with Gasteiger partial charge in [-0.2, -0.15) is 9.60 Å². The number of hydrogen-bond donors (Lipinski definition) is 2. The van der Waals surface area contributed by atoms with E-state index in [1.165, 1.54) is 17.8 Å². The fourth-order valence-corrected chi connectivity index (χ4v) is 5.15. The maximum absolute atomic E-state index is 13.3. The van der Waals surface area contributed by atoms with Crippen LogP contribution in [0.5, 0.6) is 0 Å². The molecular formula is C30H26FN7O. The summed E-state index contributed by atoms with van der Waals surface area (Å²) in [5.41, 5.74) is 6.30. The highest BCUT2D eigenvalue weighted by molar-refractivity contribution is 5.97. The van der Waals surface area contributed by atoms with Crippen molar-refractivity contribution < 1.29 is 9.18 Å². The zero-order valence-electron chi connectivity index (χ0n) is 21.1. The summed E-state index contributed by atoms with van der Waals surface area (Å²) in [6.07, 6.45) is 2.50. The fraction of sp³-hybridized carbons (Fsp3) is 0.167. The molecule has 1 saturated heterocycles. The Bertz CT molecular complexity index is 1570. The predicted molar refractivity (Wildman–Crippen MR) is 148 cm³/mol. The van der Waals surface area contributed by atoms with E-state index in [0.717, 1.165) is 41.9 Å². The molecule has 1 aliphatic rings. The lowest BCUT2D eigenvalue weighted by molar-refractivity contribution is -0.115. The van der Waals surface area contributed by atoms with E-state index < -0.39 is 5.95 Å². The van der Waals surface area contributed by atoms with Gasteiger partial charge in [0, 0.05) is 30.8 Å². The van der Waals surface area contributed by atoms with Crippen LogP contribution in [0.2, 0.25) is 0 Å². The van der Waals surface area contributed by atoms with Crippen molar-refractivity contribution in [1.29, 1.82) is 0 Å². The first kappa shape index (κ1) is 24.4. The van der Waals surface area contributed by atoms with Crippen LogP contribution in [-0.2, 0) is 11.2 Å². The van der Waals surface area contributed by atoms with Gasteiger partial charge in [-0.25, -0.2) is 4.98 Å². The van der Waals surface area contributed by atoms with Gasteiger partial charge in [0.15, 0.2) is 0 Å². The van der Waals surface area contributed by atoms with Crippen molar-refractivity contribution in [2.75, 3.05) is 23.3 Å². The number of nitrogens with one attached hydrogen (secondary N) is 2. The molecule has 2 N–H and O–H groups in total. The first-order chi connectivity index (χ1) is 19.1. The third-order valence-corrected chi connectivity index (χ3v) is 7.05. The van der Waals surface area contributed by atoms with Gasteiger partial charge in [-0.15, -0.1) is 10.2 Å². The van der Waals surface area contributed by atoms with E-state index in [1.54, 1.807) is 6.07 Å². The van der Waals surface area contributed by atoms with Gasteiger partial charge in [0.2, 0.25) is 17.7 Å². The number of nitrogens with zero attached hydrogens (tertiary/aromatic N) is 5. The van der Waals surface area contributed by atoms with Crippen LogP contribution in [0.4, 0.5) is 15.8 Å². The van der Waals surface area contributed by atoms with Crippen LogP contribution < -0.4 is 10.2 Å². The summed E-state index contributed by atoms with van der Waals surface area (Å²) in [5.74, 6) is 0.136. The molecule has 1 unspecified atom stereocenters. The summed E-state index contributed by atoms with van der Waals surface area (Å²) in [5, 5.41) is 17.6. The van der Waals surface area contributed by atoms with E-state index in [1.807, 2.05) is 36.4 Å². The highest BCUT2D eigenvalue weighted by Crippen LogP contribution is 2.39. The molecule has 1 amide bonds. The number of anilines is 2. The number of aromatic amines is 1. The average Bonchev–Trinajstić information content (AvgIpc) is 3.68. The number of benzene rings is 3. The number of rotatable bonds is 7. The van der Waals surface area contributed by atoms with Crippen LogP contribution >= 0.6 is 0 Å². The SMILES string of the molecule is O=C(Cc1ccc(F)nc1)Nc1cc(-c2ccccc2-c2nn[nH]n2)ccc1N1CCC(c2ccccc2)C1. The number of H-pyrrole nitrogens is 1. The Morgan fingerprint density at radius 3 is 2.59 bits per heavy atom. The van der Waals surface area contributed by atoms with Crippen LogP contribution in [-0.4, -0.2) is 44.6 Å². The fourth-order valence-electron chi connectivity index (χ4n) is 5.15. The lowest BCUT2D eigenvalue weighted by atomic mass is 9.97. The second kappa shape index (κ2) is 10.8. The summed E-state index contributed by atoms with van der Waals surface area (Å²) in [7, 11) is 0. The molecule has 8 nitrogen and oxygen atoms in total. The summed E-state index contributed by atoms with van der Waals surface area (Å²) in [4.78, 5) is 19.1. The van der Waals surface area contributed by atoms with Gasteiger partial charge in [0.25, 0.3) is 0 Å². The molecule has 194 valence electrons. The number of aromatic nitrogens is 5. The number of halogens is 1. The predicted octanol–water partition coefficient (Wildman–Crippen LogP) is 5.24. The monoisotopic (exact) mass is 519 g/mol. The Balaban J connectivity index is 1.33. The number of carbonyl (C=O) groups excluding carboxylic acids is 1. The Morgan fingerprint density at radius 2 is 1.82 bits per heavy atom. The average molecular weight is 520 g/mol. The molecule has 1 aliphatic heterocycles. The number of pyridine rings is 1. The maximum Gasteiger partial charge on any atom is 0.228 e. The summed E-state index contributed by atoms with van der Waals surface area (Å²) < 4.78 is 13.3. The van der Waals surface area contributed by atoms with Crippen molar-refractivity contribution in [3.63, 3.8) is 0 Å². The second-order valence-electron chi connectivity index (χ2n) is 9.57. The van der Waals surface area contributed by atoms with E-state index in [2.05, 4.69) is 72.2 Å². The second-order valence-corrected chi connectivity index (χ2v) is 9.57. The molecule has 5 aromatic rings. The van der Waals surface area contributed by atoms with Gasteiger partial charge >= 0.3 is 0 Å². The van der Waals surface area contributed by atoms with Crippen LogP contribution in [0, 0.1) is 5.95 Å². The summed E-state index contributed by atoms with van der Waals surface area (Å²) in [6, 6.07) is 27.3. The standard InChI is InChI=1S/C30H26FN7O/c31-28-13-10-20(18-32-28)16-29(39)33-26-17-22(24-8-4-5-9-25(24)30-34-36-37-35-30)11-12-27(26)38-15-14-23(19-38)21-6-2-1-3-7-21/h1-13,17-18,23H,14-16,19H2,(H,33,39)(H,34,35,36,37). The third-order valence-electron chi connectivity index (χ3n) is 7.05. The first-order valence-corrected chi connectivity index (χ1v) is 12.8. The molecule has 6 rings (SSSR count). The molecule has 0 aliphatic carbocycles. The lowest BCUT2D eigenvalue weighted by Crippen LogP contribution is -2.23. The molecule has 3 heterocycles. The van der Waals surface area contributed by atoms with Gasteiger partial charge in [-0.1, -0.05) is 66.7 Å². The van der Waals surface area contributed by atoms with Crippen LogP contribution in [0.3, 0.4) is 0 Å². The topological polar surface area (TPSA) is 99.7 Å². The molecule has 2 aromatic heterocycles. The van der Waals surface area contributed by atoms with Crippen LogP contribution in [0.15, 0.2) is 91.1 Å². The Hall–Kier alpha value is -4.92. The number of amides is 1. The Kier molecular flexibility index (Phi) is 6.78. The molecule has 1 atom stereocenters.